The van der Waals surface area contributed by atoms with E-state index in [1.807, 2.05) is 26.8 Å². The minimum atomic E-state index is -0.439. The molecule has 0 spiro atoms. The van der Waals surface area contributed by atoms with Crippen molar-refractivity contribution in [3.8, 4) is 0 Å². The molecule has 0 fully saturated rings. The Morgan fingerprint density at radius 3 is 2.79 bits per heavy atom. The number of anilines is 1. The second kappa shape index (κ2) is 4.37. The molecule has 1 aromatic heterocycles. The Labute approximate surface area is 84.7 Å². The van der Waals surface area contributed by atoms with Crippen molar-refractivity contribution in [1.82, 2.24) is 9.97 Å². The minimum Gasteiger partial charge on any atom is -0.371 e. The molecule has 1 aromatic rings. The summed E-state index contributed by atoms with van der Waals surface area (Å²) < 4.78 is 5.30. The molecule has 0 aromatic carbocycles. The van der Waals surface area contributed by atoms with Gasteiger partial charge in [0.1, 0.15) is 11.4 Å². The van der Waals surface area contributed by atoms with Crippen LogP contribution < -0.4 is 5.32 Å². The van der Waals surface area contributed by atoms with E-state index >= 15 is 0 Å². The van der Waals surface area contributed by atoms with Crippen molar-refractivity contribution in [3.05, 3.63) is 18.1 Å². The molecule has 0 saturated carbocycles. The zero-order valence-corrected chi connectivity index (χ0v) is 9.16. The van der Waals surface area contributed by atoms with E-state index in [9.17, 15) is 0 Å². The first-order chi connectivity index (χ1) is 6.60. The van der Waals surface area contributed by atoms with E-state index in [1.165, 1.54) is 0 Å². The van der Waals surface area contributed by atoms with Gasteiger partial charge in [-0.2, -0.15) is 0 Å². The number of rotatable bonds is 4. The van der Waals surface area contributed by atoms with Crippen LogP contribution in [-0.2, 0) is 10.3 Å². The van der Waals surface area contributed by atoms with Crippen molar-refractivity contribution in [2.75, 3.05) is 19.0 Å². The quantitative estimate of drug-likeness (QED) is 0.795. The van der Waals surface area contributed by atoms with Crippen LogP contribution >= 0.6 is 0 Å². The molecule has 4 nitrogen and oxygen atoms in total. The second-order valence-electron chi connectivity index (χ2n) is 3.51. The molecule has 0 aliphatic carbocycles. The monoisotopic (exact) mass is 195 g/mol. The summed E-state index contributed by atoms with van der Waals surface area (Å²) in [6.45, 7) is 6.77. The third-order valence-corrected chi connectivity index (χ3v) is 2.06. The first-order valence-corrected chi connectivity index (χ1v) is 4.72. The van der Waals surface area contributed by atoms with Gasteiger partial charge in [-0.3, -0.25) is 0 Å². The van der Waals surface area contributed by atoms with Crippen LogP contribution in [0.2, 0.25) is 0 Å². The van der Waals surface area contributed by atoms with Crippen LogP contribution in [0.4, 0.5) is 5.82 Å². The number of ether oxygens (including phenoxy) is 1. The number of hydrogen-bond donors (Lipinski definition) is 1. The van der Waals surface area contributed by atoms with Gasteiger partial charge in [0.15, 0.2) is 5.82 Å². The first kappa shape index (κ1) is 10.9. The predicted molar refractivity (Wildman–Crippen MR) is 56.2 cm³/mol. The van der Waals surface area contributed by atoms with E-state index in [0.29, 0.717) is 5.82 Å². The SMILES string of the molecule is CCNc1ccnc(C(C)(C)OC)n1. The number of methoxy groups -OCH3 is 1. The summed E-state index contributed by atoms with van der Waals surface area (Å²) in [7, 11) is 1.66. The highest BCUT2D eigenvalue weighted by molar-refractivity contribution is 5.33. The van der Waals surface area contributed by atoms with E-state index in [0.717, 1.165) is 12.4 Å². The van der Waals surface area contributed by atoms with Gasteiger partial charge in [-0.25, -0.2) is 9.97 Å². The highest BCUT2D eigenvalue weighted by Gasteiger charge is 2.22. The first-order valence-electron chi connectivity index (χ1n) is 4.72. The topological polar surface area (TPSA) is 47.0 Å². The maximum atomic E-state index is 5.30. The highest BCUT2D eigenvalue weighted by Crippen LogP contribution is 2.20. The van der Waals surface area contributed by atoms with E-state index in [1.54, 1.807) is 13.3 Å². The smallest absolute Gasteiger partial charge is 0.162 e. The zero-order valence-electron chi connectivity index (χ0n) is 9.16. The fraction of sp³-hybridized carbons (Fsp3) is 0.600. The Hall–Kier alpha value is -1.16. The van der Waals surface area contributed by atoms with Crippen LogP contribution in [0.25, 0.3) is 0 Å². The fourth-order valence-corrected chi connectivity index (χ4v) is 1.02. The molecule has 78 valence electrons. The van der Waals surface area contributed by atoms with Crippen molar-refractivity contribution < 1.29 is 4.74 Å². The largest absolute Gasteiger partial charge is 0.371 e. The minimum absolute atomic E-state index is 0.439. The molecule has 0 saturated heterocycles. The van der Waals surface area contributed by atoms with E-state index in [-0.39, 0.29) is 0 Å². The zero-order chi connectivity index (χ0) is 10.6. The van der Waals surface area contributed by atoms with Crippen molar-refractivity contribution in [2.45, 2.75) is 26.4 Å². The summed E-state index contributed by atoms with van der Waals surface area (Å²) in [5.74, 6) is 1.53. The summed E-state index contributed by atoms with van der Waals surface area (Å²) in [5.41, 5.74) is -0.439. The predicted octanol–water partition coefficient (Wildman–Crippen LogP) is 1.79. The number of nitrogens with zero attached hydrogens (tertiary/aromatic N) is 2. The fourth-order valence-electron chi connectivity index (χ4n) is 1.02. The van der Waals surface area contributed by atoms with Crippen LogP contribution in [0, 0.1) is 0 Å². The van der Waals surface area contributed by atoms with Gasteiger partial charge >= 0.3 is 0 Å². The maximum Gasteiger partial charge on any atom is 0.162 e. The average Bonchev–Trinajstić information content (AvgIpc) is 2.19. The molecule has 0 aliphatic heterocycles. The van der Waals surface area contributed by atoms with Crippen LogP contribution in [0.15, 0.2) is 12.3 Å². The summed E-state index contributed by atoms with van der Waals surface area (Å²) in [5, 5.41) is 3.14. The Bertz CT molecular complexity index is 299. The molecule has 0 aliphatic rings. The third-order valence-electron chi connectivity index (χ3n) is 2.06. The highest BCUT2D eigenvalue weighted by atomic mass is 16.5. The maximum absolute atomic E-state index is 5.30. The summed E-state index contributed by atoms with van der Waals surface area (Å²) in [4.78, 5) is 8.55. The van der Waals surface area contributed by atoms with Gasteiger partial charge in [0.25, 0.3) is 0 Å². The molecule has 0 amide bonds. The average molecular weight is 195 g/mol. The summed E-state index contributed by atoms with van der Waals surface area (Å²) in [6, 6.07) is 1.85. The Morgan fingerprint density at radius 2 is 2.21 bits per heavy atom. The molecule has 0 atom stereocenters. The van der Waals surface area contributed by atoms with Crippen LogP contribution in [0.5, 0.6) is 0 Å². The van der Waals surface area contributed by atoms with Gasteiger partial charge in [-0.15, -0.1) is 0 Å². The third kappa shape index (κ3) is 2.42. The number of aromatic nitrogens is 2. The molecule has 1 rings (SSSR count). The summed E-state index contributed by atoms with van der Waals surface area (Å²) in [6.07, 6.45) is 1.74. The Kier molecular flexibility index (Phi) is 3.41. The van der Waals surface area contributed by atoms with Gasteiger partial charge in [-0.1, -0.05) is 0 Å². The second-order valence-corrected chi connectivity index (χ2v) is 3.51. The van der Waals surface area contributed by atoms with Crippen molar-refractivity contribution >= 4 is 5.82 Å². The lowest BCUT2D eigenvalue weighted by atomic mass is 10.1. The van der Waals surface area contributed by atoms with E-state index < -0.39 is 5.60 Å². The number of nitrogens with one attached hydrogen (secondary N) is 1. The Balaban J connectivity index is 2.93. The summed E-state index contributed by atoms with van der Waals surface area (Å²) >= 11 is 0. The lowest BCUT2D eigenvalue weighted by Gasteiger charge is -2.21. The molecule has 0 bridgehead atoms. The molecule has 1 heterocycles. The lowest BCUT2D eigenvalue weighted by Crippen LogP contribution is -2.23. The molecule has 0 radical (unpaired) electrons. The standard InChI is InChI=1S/C10H17N3O/c1-5-11-8-6-7-12-9(13-8)10(2,3)14-4/h6-7H,5H2,1-4H3,(H,11,12,13). The lowest BCUT2D eigenvalue weighted by molar-refractivity contribution is 0.0116. The van der Waals surface area contributed by atoms with Crippen molar-refractivity contribution in [1.29, 1.82) is 0 Å². The van der Waals surface area contributed by atoms with Crippen LogP contribution in [0.3, 0.4) is 0 Å². The van der Waals surface area contributed by atoms with Gasteiger partial charge in [0.2, 0.25) is 0 Å². The van der Waals surface area contributed by atoms with Gasteiger partial charge < -0.3 is 10.1 Å². The van der Waals surface area contributed by atoms with Crippen LogP contribution in [-0.4, -0.2) is 23.6 Å². The molecular weight excluding hydrogens is 178 g/mol. The molecular formula is C10H17N3O. The number of hydrogen-bond acceptors (Lipinski definition) is 4. The van der Waals surface area contributed by atoms with Gasteiger partial charge in [0, 0.05) is 19.9 Å². The van der Waals surface area contributed by atoms with E-state index in [4.69, 9.17) is 4.74 Å². The Morgan fingerprint density at radius 1 is 1.50 bits per heavy atom. The van der Waals surface area contributed by atoms with Crippen molar-refractivity contribution in [2.24, 2.45) is 0 Å². The van der Waals surface area contributed by atoms with E-state index in [2.05, 4.69) is 15.3 Å². The van der Waals surface area contributed by atoms with Crippen molar-refractivity contribution in [3.63, 3.8) is 0 Å². The molecule has 1 N–H and O–H groups in total. The van der Waals surface area contributed by atoms with Crippen LogP contribution in [0.1, 0.15) is 26.6 Å². The molecule has 4 heteroatoms. The van der Waals surface area contributed by atoms with Gasteiger partial charge in [-0.05, 0) is 26.8 Å². The normalized spacial score (nSPS) is 11.4. The van der Waals surface area contributed by atoms with Gasteiger partial charge in [0.05, 0.1) is 0 Å². The molecule has 0 unspecified atom stereocenters. The molecule has 14 heavy (non-hydrogen) atoms.